The Kier molecular flexibility index (Phi) is 2.45. The topological polar surface area (TPSA) is 54.0 Å². The number of rotatable bonds is 0. The molecule has 0 fully saturated rings. The highest BCUT2D eigenvalue weighted by molar-refractivity contribution is 5.99. The lowest BCUT2D eigenvalue weighted by atomic mass is 10.2. The maximum atomic E-state index is 12.4. The molecule has 0 saturated carbocycles. The van der Waals surface area contributed by atoms with E-state index in [9.17, 15) is 18.0 Å². The van der Waals surface area contributed by atoms with Gasteiger partial charge >= 0.3 is 6.18 Å². The van der Waals surface area contributed by atoms with E-state index in [1.165, 1.54) is 0 Å². The number of hydrogen-bond acceptors (Lipinski definition) is 3. The number of amides is 1. The molecule has 0 atom stereocenters. The highest BCUT2D eigenvalue weighted by Crippen LogP contribution is 2.29. The fourth-order valence-corrected chi connectivity index (χ4v) is 1.39. The maximum absolute atomic E-state index is 12.4. The van der Waals surface area contributed by atoms with Gasteiger partial charge in [-0.2, -0.15) is 13.2 Å². The summed E-state index contributed by atoms with van der Waals surface area (Å²) in [6, 6.07) is 1.92. The highest BCUT2D eigenvalue weighted by atomic mass is 19.4. The van der Waals surface area contributed by atoms with Crippen LogP contribution in [-0.4, -0.2) is 24.0 Å². The fraction of sp³-hybridized carbons (Fsp3) is 0.333. The van der Waals surface area contributed by atoms with Gasteiger partial charge in [-0.3, -0.25) is 4.79 Å². The van der Waals surface area contributed by atoms with Crippen molar-refractivity contribution in [3.8, 4) is 0 Å². The summed E-state index contributed by atoms with van der Waals surface area (Å²) in [6.07, 6.45) is -4.50. The van der Waals surface area contributed by atoms with Crippen LogP contribution in [0.25, 0.3) is 0 Å². The van der Waals surface area contributed by atoms with Crippen LogP contribution in [-0.2, 0) is 6.18 Å². The fourth-order valence-electron chi connectivity index (χ4n) is 1.39. The van der Waals surface area contributed by atoms with Crippen molar-refractivity contribution in [1.82, 2.24) is 10.3 Å². The lowest BCUT2D eigenvalue weighted by molar-refractivity contribution is -0.141. The second kappa shape index (κ2) is 3.66. The average Bonchev–Trinajstić information content (AvgIpc) is 2.39. The van der Waals surface area contributed by atoms with Crippen LogP contribution in [0.5, 0.6) is 0 Å². The molecule has 0 saturated heterocycles. The van der Waals surface area contributed by atoms with Gasteiger partial charge in [0.1, 0.15) is 11.5 Å². The number of hydrogen-bond donors (Lipinski definition) is 2. The summed E-state index contributed by atoms with van der Waals surface area (Å²) in [7, 11) is 0. The van der Waals surface area contributed by atoms with Gasteiger partial charge in [0.05, 0.1) is 5.56 Å². The monoisotopic (exact) mass is 231 g/mol. The Morgan fingerprint density at radius 2 is 1.88 bits per heavy atom. The number of nitrogens with zero attached hydrogens (tertiary/aromatic N) is 1. The van der Waals surface area contributed by atoms with Crippen LogP contribution in [0.2, 0.25) is 0 Å². The van der Waals surface area contributed by atoms with Crippen molar-refractivity contribution in [3.63, 3.8) is 0 Å². The molecule has 0 bridgehead atoms. The molecule has 16 heavy (non-hydrogen) atoms. The minimum atomic E-state index is -4.50. The van der Waals surface area contributed by atoms with Crippen LogP contribution in [0.3, 0.4) is 0 Å². The third kappa shape index (κ3) is 1.93. The molecule has 1 aliphatic rings. The molecule has 0 aliphatic carbocycles. The van der Waals surface area contributed by atoms with E-state index in [0.717, 1.165) is 12.1 Å². The first-order chi connectivity index (χ1) is 7.48. The standard InChI is InChI=1S/C9H8F3N3O/c10-9(11,12)6-2-1-5-7(15-6)13-3-4-14-8(5)16/h1-2H,3-4H2,(H,13,15)(H,14,16). The van der Waals surface area contributed by atoms with Gasteiger partial charge in [-0.05, 0) is 12.1 Å². The first-order valence-electron chi connectivity index (χ1n) is 4.59. The first-order valence-corrected chi connectivity index (χ1v) is 4.59. The lowest BCUT2D eigenvalue weighted by Crippen LogP contribution is -2.24. The van der Waals surface area contributed by atoms with Gasteiger partial charge in [0, 0.05) is 13.1 Å². The number of aromatic nitrogens is 1. The van der Waals surface area contributed by atoms with Crippen LogP contribution >= 0.6 is 0 Å². The van der Waals surface area contributed by atoms with E-state index in [4.69, 9.17) is 0 Å². The number of carbonyl (C=O) groups is 1. The van der Waals surface area contributed by atoms with Crippen molar-refractivity contribution in [2.45, 2.75) is 6.18 Å². The molecule has 7 heteroatoms. The summed E-state index contributed by atoms with van der Waals surface area (Å²) in [5.74, 6) is -0.439. The Bertz CT molecular complexity index is 430. The molecular formula is C9H8F3N3O. The quantitative estimate of drug-likeness (QED) is 0.706. The Hall–Kier alpha value is -1.79. The Balaban J connectivity index is 2.45. The number of anilines is 1. The summed E-state index contributed by atoms with van der Waals surface area (Å²) < 4.78 is 37.1. The van der Waals surface area contributed by atoms with E-state index >= 15 is 0 Å². The molecule has 2 heterocycles. The normalized spacial score (nSPS) is 15.8. The first kappa shape index (κ1) is 10.7. The third-order valence-corrected chi connectivity index (χ3v) is 2.13. The van der Waals surface area contributed by atoms with Crippen molar-refractivity contribution in [3.05, 3.63) is 23.4 Å². The van der Waals surface area contributed by atoms with Gasteiger partial charge in [0.25, 0.3) is 5.91 Å². The largest absolute Gasteiger partial charge is 0.433 e. The number of pyridine rings is 1. The number of carbonyl (C=O) groups excluding carboxylic acids is 1. The average molecular weight is 231 g/mol. The van der Waals surface area contributed by atoms with Gasteiger partial charge in [-0.15, -0.1) is 0 Å². The zero-order valence-electron chi connectivity index (χ0n) is 8.06. The van der Waals surface area contributed by atoms with Crippen LogP contribution in [0.4, 0.5) is 19.0 Å². The summed E-state index contributed by atoms with van der Waals surface area (Å²) in [6.45, 7) is 0.712. The Morgan fingerprint density at radius 3 is 2.56 bits per heavy atom. The Labute approximate surface area is 88.9 Å². The highest BCUT2D eigenvalue weighted by Gasteiger charge is 2.33. The summed E-state index contributed by atoms with van der Waals surface area (Å²) >= 11 is 0. The van der Waals surface area contributed by atoms with Crippen molar-refractivity contribution < 1.29 is 18.0 Å². The zero-order chi connectivity index (χ0) is 11.8. The lowest BCUT2D eigenvalue weighted by Gasteiger charge is -2.09. The molecule has 0 unspecified atom stereocenters. The summed E-state index contributed by atoms with van der Waals surface area (Å²) in [4.78, 5) is 14.8. The number of nitrogens with one attached hydrogen (secondary N) is 2. The van der Waals surface area contributed by atoms with Crippen LogP contribution in [0, 0.1) is 0 Å². The minimum Gasteiger partial charge on any atom is -0.368 e. The van der Waals surface area contributed by atoms with Gasteiger partial charge in [-0.25, -0.2) is 4.98 Å². The van der Waals surface area contributed by atoms with E-state index < -0.39 is 17.8 Å². The van der Waals surface area contributed by atoms with E-state index in [1.54, 1.807) is 0 Å². The second-order valence-electron chi connectivity index (χ2n) is 3.27. The van der Waals surface area contributed by atoms with E-state index in [-0.39, 0.29) is 11.4 Å². The van der Waals surface area contributed by atoms with Crippen LogP contribution < -0.4 is 10.6 Å². The number of alkyl halides is 3. The second-order valence-corrected chi connectivity index (χ2v) is 3.27. The van der Waals surface area contributed by atoms with Crippen molar-refractivity contribution in [2.24, 2.45) is 0 Å². The van der Waals surface area contributed by atoms with Crippen LogP contribution in [0.1, 0.15) is 16.1 Å². The van der Waals surface area contributed by atoms with Gasteiger partial charge in [0.15, 0.2) is 0 Å². The van der Waals surface area contributed by atoms with Crippen molar-refractivity contribution >= 4 is 11.7 Å². The molecule has 0 radical (unpaired) electrons. The summed E-state index contributed by atoms with van der Waals surface area (Å²) in [5, 5.41) is 5.21. The zero-order valence-corrected chi connectivity index (χ0v) is 8.06. The molecule has 1 aromatic heterocycles. The molecule has 4 nitrogen and oxygen atoms in total. The van der Waals surface area contributed by atoms with Gasteiger partial charge in [-0.1, -0.05) is 0 Å². The smallest absolute Gasteiger partial charge is 0.368 e. The molecule has 1 aliphatic heterocycles. The maximum Gasteiger partial charge on any atom is 0.433 e. The van der Waals surface area contributed by atoms with Gasteiger partial charge in [0.2, 0.25) is 0 Å². The predicted molar refractivity (Wildman–Crippen MR) is 50.1 cm³/mol. The van der Waals surface area contributed by atoms with E-state index in [2.05, 4.69) is 15.6 Å². The van der Waals surface area contributed by atoms with Gasteiger partial charge < -0.3 is 10.6 Å². The Morgan fingerprint density at radius 1 is 1.19 bits per heavy atom. The van der Waals surface area contributed by atoms with Crippen molar-refractivity contribution in [1.29, 1.82) is 0 Å². The molecule has 0 spiro atoms. The summed E-state index contributed by atoms with van der Waals surface area (Å²) in [5.41, 5.74) is -0.876. The SMILES string of the molecule is O=C1NCCNc2nc(C(F)(F)F)ccc21. The third-order valence-electron chi connectivity index (χ3n) is 2.13. The molecule has 2 rings (SSSR count). The molecule has 1 aromatic rings. The molecule has 1 amide bonds. The van der Waals surface area contributed by atoms with E-state index in [1.807, 2.05) is 0 Å². The van der Waals surface area contributed by atoms with Crippen molar-refractivity contribution in [2.75, 3.05) is 18.4 Å². The van der Waals surface area contributed by atoms with Crippen LogP contribution in [0.15, 0.2) is 12.1 Å². The number of fused-ring (bicyclic) bond motifs is 1. The minimum absolute atomic E-state index is 0.0233. The molecule has 86 valence electrons. The predicted octanol–water partition coefficient (Wildman–Crippen LogP) is 1.26. The number of halogens is 3. The molecule has 0 aromatic carbocycles. The van der Waals surface area contributed by atoms with E-state index in [0.29, 0.717) is 13.1 Å². The molecule has 2 N–H and O–H groups in total. The molecular weight excluding hydrogens is 223 g/mol.